The summed E-state index contributed by atoms with van der Waals surface area (Å²) in [5, 5.41) is 7.05. The number of nitrogens with two attached hydrogens (primary N) is 1. The first-order valence-corrected chi connectivity index (χ1v) is 13.0. The Labute approximate surface area is 215 Å². The van der Waals surface area contributed by atoms with Gasteiger partial charge in [0.1, 0.15) is 5.75 Å². The number of benzene rings is 2. The van der Waals surface area contributed by atoms with Gasteiger partial charge in [0, 0.05) is 55.2 Å². The van der Waals surface area contributed by atoms with Crippen molar-refractivity contribution in [3.05, 3.63) is 60.7 Å². The summed E-state index contributed by atoms with van der Waals surface area (Å²) in [4.78, 5) is 9.81. The second-order valence-electron chi connectivity index (χ2n) is 9.37. The molecule has 3 aromatic rings. The Kier molecular flexibility index (Phi) is 9.55. The van der Waals surface area contributed by atoms with Gasteiger partial charge >= 0.3 is 0 Å². The molecule has 192 valence electrons. The summed E-state index contributed by atoms with van der Waals surface area (Å²) in [7, 11) is 3.85. The van der Waals surface area contributed by atoms with E-state index in [9.17, 15) is 0 Å². The molecule has 0 amide bonds. The van der Waals surface area contributed by atoms with Gasteiger partial charge in [0.25, 0.3) is 0 Å². The van der Waals surface area contributed by atoms with Gasteiger partial charge in [-0.3, -0.25) is 0 Å². The van der Waals surface area contributed by atoms with Crippen LogP contribution < -0.4 is 26.0 Å². The summed E-state index contributed by atoms with van der Waals surface area (Å²) >= 11 is 0. The van der Waals surface area contributed by atoms with Crippen molar-refractivity contribution in [3.8, 4) is 28.3 Å². The van der Waals surface area contributed by atoms with Crippen LogP contribution in [0, 0.1) is 0 Å². The van der Waals surface area contributed by atoms with Crippen molar-refractivity contribution in [3.63, 3.8) is 0 Å². The van der Waals surface area contributed by atoms with E-state index in [1.807, 2.05) is 18.2 Å². The molecular formula is C29H40N6O. The van der Waals surface area contributed by atoms with E-state index in [4.69, 9.17) is 15.5 Å². The number of rotatable bonds is 12. The van der Waals surface area contributed by atoms with Gasteiger partial charge in [-0.05, 0) is 75.9 Å². The summed E-state index contributed by atoms with van der Waals surface area (Å²) in [5.74, 6) is 0.829. The van der Waals surface area contributed by atoms with Crippen molar-refractivity contribution in [2.45, 2.75) is 12.8 Å². The molecule has 2 heterocycles. The highest BCUT2D eigenvalue weighted by Gasteiger charge is 2.12. The number of nitrogens with zero attached hydrogens (tertiary/aromatic N) is 3. The Morgan fingerprint density at radius 1 is 0.972 bits per heavy atom. The van der Waals surface area contributed by atoms with E-state index in [-0.39, 0.29) is 0 Å². The van der Waals surface area contributed by atoms with E-state index in [2.05, 4.69) is 69.9 Å². The SMILES string of the molecule is COc1cccc(-c2cc(NCCCN(C)CCCN)cc(-c3ccc(N4CCNCC4)cc3)n2)c1. The molecular weight excluding hydrogens is 448 g/mol. The molecule has 1 fully saturated rings. The zero-order chi connectivity index (χ0) is 25.2. The zero-order valence-electron chi connectivity index (χ0n) is 21.7. The lowest BCUT2D eigenvalue weighted by molar-refractivity contribution is 0.330. The highest BCUT2D eigenvalue weighted by Crippen LogP contribution is 2.30. The average molecular weight is 489 g/mol. The van der Waals surface area contributed by atoms with Crippen molar-refractivity contribution in [1.29, 1.82) is 0 Å². The fourth-order valence-corrected chi connectivity index (χ4v) is 4.53. The third-order valence-electron chi connectivity index (χ3n) is 6.63. The maximum absolute atomic E-state index is 5.64. The van der Waals surface area contributed by atoms with Crippen LogP contribution in [-0.4, -0.2) is 76.4 Å². The second kappa shape index (κ2) is 13.3. The van der Waals surface area contributed by atoms with Crippen LogP contribution in [0.3, 0.4) is 0 Å². The monoisotopic (exact) mass is 488 g/mol. The minimum absolute atomic E-state index is 0.742. The molecule has 4 N–H and O–H groups in total. The highest BCUT2D eigenvalue weighted by molar-refractivity contribution is 5.73. The lowest BCUT2D eigenvalue weighted by Crippen LogP contribution is -2.43. The zero-order valence-corrected chi connectivity index (χ0v) is 21.7. The lowest BCUT2D eigenvalue weighted by atomic mass is 10.1. The Balaban J connectivity index is 1.54. The Morgan fingerprint density at radius 3 is 2.42 bits per heavy atom. The summed E-state index contributed by atoms with van der Waals surface area (Å²) in [5.41, 5.74) is 12.0. The van der Waals surface area contributed by atoms with E-state index in [0.717, 1.165) is 99.2 Å². The average Bonchev–Trinajstić information content (AvgIpc) is 2.94. The predicted octanol–water partition coefficient (Wildman–Crippen LogP) is 3.92. The van der Waals surface area contributed by atoms with Crippen molar-refractivity contribution in [1.82, 2.24) is 15.2 Å². The first-order chi connectivity index (χ1) is 17.7. The van der Waals surface area contributed by atoms with Gasteiger partial charge in [0.05, 0.1) is 18.5 Å². The quantitative estimate of drug-likeness (QED) is 0.334. The Morgan fingerprint density at radius 2 is 1.69 bits per heavy atom. The summed E-state index contributed by atoms with van der Waals surface area (Å²) in [6, 6.07) is 21.2. The van der Waals surface area contributed by atoms with Crippen LogP contribution >= 0.6 is 0 Å². The van der Waals surface area contributed by atoms with Crippen LogP contribution in [0.4, 0.5) is 11.4 Å². The number of ether oxygens (including phenoxy) is 1. The molecule has 36 heavy (non-hydrogen) atoms. The maximum atomic E-state index is 5.64. The smallest absolute Gasteiger partial charge is 0.119 e. The summed E-state index contributed by atoms with van der Waals surface area (Å²) in [6.45, 7) is 7.87. The Bertz CT molecular complexity index is 1080. The van der Waals surface area contributed by atoms with Crippen LogP contribution in [0.5, 0.6) is 5.75 Å². The van der Waals surface area contributed by atoms with Crippen LogP contribution in [0.15, 0.2) is 60.7 Å². The van der Waals surface area contributed by atoms with Crippen molar-refractivity contribution >= 4 is 11.4 Å². The molecule has 7 heteroatoms. The molecule has 1 saturated heterocycles. The number of anilines is 2. The number of methoxy groups -OCH3 is 1. The molecule has 1 aromatic heterocycles. The summed E-state index contributed by atoms with van der Waals surface area (Å²) < 4.78 is 5.46. The van der Waals surface area contributed by atoms with Crippen molar-refractivity contribution in [2.24, 2.45) is 5.73 Å². The van der Waals surface area contributed by atoms with Crippen molar-refractivity contribution < 1.29 is 4.74 Å². The van der Waals surface area contributed by atoms with E-state index in [0.29, 0.717) is 0 Å². The van der Waals surface area contributed by atoms with Crippen LogP contribution in [0.25, 0.3) is 22.5 Å². The largest absolute Gasteiger partial charge is 0.497 e. The molecule has 0 atom stereocenters. The van der Waals surface area contributed by atoms with Gasteiger partial charge in [0.15, 0.2) is 0 Å². The van der Waals surface area contributed by atoms with Crippen LogP contribution in [-0.2, 0) is 0 Å². The lowest BCUT2D eigenvalue weighted by Gasteiger charge is -2.29. The van der Waals surface area contributed by atoms with Gasteiger partial charge in [-0.15, -0.1) is 0 Å². The first kappa shape index (κ1) is 25.9. The normalized spacial score (nSPS) is 13.7. The van der Waals surface area contributed by atoms with E-state index in [1.54, 1.807) is 7.11 Å². The number of nitrogens with one attached hydrogen (secondary N) is 2. The van der Waals surface area contributed by atoms with Crippen LogP contribution in [0.2, 0.25) is 0 Å². The number of hydrogen-bond donors (Lipinski definition) is 3. The molecule has 7 nitrogen and oxygen atoms in total. The second-order valence-corrected chi connectivity index (χ2v) is 9.37. The van der Waals surface area contributed by atoms with Gasteiger partial charge in [-0.25, -0.2) is 4.98 Å². The topological polar surface area (TPSA) is 78.7 Å². The molecule has 0 spiro atoms. The fourth-order valence-electron chi connectivity index (χ4n) is 4.53. The van der Waals surface area contributed by atoms with E-state index in [1.165, 1.54) is 5.69 Å². The molecule has 4 rings (SSSR count). The van der Waals surface area contributed by atoms with Gasteiger partial charge < -0.3 is 30.9 Å². The first-order valence-electron chi connectivity index (χ1n) is 13.0. The third kappa shape index (κ3) is 7.20. The molecule has 1 aliphatic rings. The molecule has 0 bridgehead atoms. The molecule has 2 aromatic carbocycles. The highest BCUT2D eigenvalue weighted by atomic mass is 16.5. The molecule has 0 unspecified atom stereocenters. The molecule has 0 saturated carbocycles. The minimum atomic E-state index is 0.742. The van der Waals surface area contributed by atoms with Gasteiger partial charge in [0.2, 0.25) is 0 Å². The molecule has 0 radical (unpaired) electrons. The van der Waals surface area contributed by atoms with Gasteiger partial charge in [-0.2, -0.15) is 0 Å². The number of hydrogen-bond acceptors (Lipinski definition) is 7. The standard InChI is InChI=1S/C29H40N6O/c1-34(16-4-12-30)17-5-13-32-25-21-28(33-29(22-25)24-6-3-7-27(20-24)36-2)23-8-10-26(11-9-23)35-18-14-31-15-19-35/h3,6-11,20-22,31H,4-5,12-19,30H2,1-2H3,(H,32,33). The van der Waals surface area contributed by atoms with Gasteiger partial charge in [-0.1, -0.05) is 24.3 Å². The van der Waals surface area contributed by atoms with Crippen molar-refractivity contribution in [2.75, 3.05) is 76.7 Å². The number of aromatic nitrogens is 1. The fraction of sp³-hybridized carbons (Fsp3) is 0.414. The van der Waals surface area contributed by atoms with Crippen LogP contribution in [0.1, 0.15) is 12.8 Å². The molecule has 1 aliphatic heterocycles. The predicted molar refractivity (Wildman–Crippen MR) is 151 cm³/mol. The molecule has 0 aliphatic carbocycles. The van der Waals surface area contributed by atoms with E-state index < -0.39 is 0 Å². The summed E-state index contributed by atoms with van der Waals surface area (Å²) in [6.07, 6.45) is 2.10. The number of piperazine rings is 1. The van der Waals surface area contributed by atoms with E-state index >= 15 is 0 Å². The third-order valence-corrected chi connectivity index (χ3v) is 6.63. The minimum Gasteiger partial charge on any atom is -0.497 e. The Hall–Kier alpha value is -3.13. The number of pyridine rings is 1. The maximum Gasteiger partial charge on any atom is 0.119 e.